The summed E-state index contributed by atoms with van der Waals surface area (Å²) in [7, 11) is 0. The molecule has 1 heterocycles. The van der Waals surface area contributed by atoms with Crippen LogP contribution in [0.25, 0.3) is 0 Å². The molecule has 0 saturated carbocycles. The van der Waals surface area contributed by atoms with Crippen LogP contribution in [0.5, 0.6) is 0 Å². The van der Waals surface area contributed by atoms with E-state index in [1.54, 1.807) is 0 Å². The smallest absolute Gasteiger partial charge is 0.135 e. The van der Waals surface area contributed by atoms with Crippen LogP contribution in [0.15, 0.2) is 0 Å². The summed E-state index contributed by atoms with van der Waals surface area (Å²) in [6, 6.07) is 0.823. The SMILES string of the molecule is CC[N+]1(CC)CN(CC(C)C)CC1C. The van der Waals surface area contributed by atoms with Gasteiger partial charge < -0.3 is 4.48 Å². The predicted molar refractivity (Wildman–Crippen MR) is 62.1 cm³/mol. The Hall–Kier alpha value is -0.0800. The molecular formula is C12H27N2+. The molecule has 1 fully saturated rings. The van der Waals surface area contributed by atoms with Gasteiger partial charge in [0.1, 0.15) is 12.7 Å². The molecule has 0 aromatic carbocycles. The molecule has 0 aromatic rings. The lowest BCUT2D eigenvalue weighted by Gasteiger charge is -2.36. The van der Waals surface area contributed by atoms with Gasteiger partial charge in [0.05, 0.1) is 19.6 Å². The third kappa shape index (κ3) is 2.29. The Kier molecular flexibility index (Phi) is 3.96. The number of hydrogen-bond acceptors (Lipinski definition) is 1. The molecule has 0 aliphatic carbocycles. The fourth-order valence-corrected chi connectivity index (χ4v) is 2.84. The molecule has 1 rings (SSSR count). The van der Waals surface area contributed by atoms with Crippen molar-refractivity contribution >= 4 is 0 Å². The van der Waals surface area contributed by atoms with Crippen molar-refractivity contribution in [2.75, 3.05) is 32.8 Å². The van der Waals surface area contributed by atoms with Gasteiger partial charge in [-0.05, 0) is 26.7 Å². The van der Waals surface area contributed by atoms with Gasteiger partial charge >= 0.3 is 0 Å². The van der Waals surface area contributed by atoms with Crippen LogP contribution in [0, 0.1) is 5.92 Å². The highest BCUT2D eigenvalue weighted by molar-refractivity contribution is 4.70. The molecule has 84 valence electrons. The molecule has 2 heteroatoms. The van der Waals surface area contributed by atoms with Crippen LogP contribution in [-0.4, -0.2) is 48.3 Å². The van der Waals surface area contributed by atoms with E-state index in [0.29, 0.717) is 0 Å². The van der Waals surface area contributed by atoms with Crippen molar-refractivity contribution in [1.82, 2.24) is 4.90 Å². The molecular weight excluding hydrogens is 172 g/mol. The zero-order valence-corrected chi connectivity index (χ0v) is 10.6. The molecule has 14 heavy (non-hydrogen) atoms. The minimum atomic E-state index is 0.802. The van der Waals surface area contributed by atoms with Crippen LogP contribution in [0.1, 0.15) is 34.6 Å². The first-order valence-electron chi connectivity index (χ1n) is 6.12. The molecule has 0 bridgehead atoms. The van der Waals surface area contributed by atoms with Gasteiger partial charge in [0, 0.05) is 6.54 Å². The van der Waals surface area contributed by atoms with Gasteiger partial charge in [-0.3, -0.25) is 4.90 Å². The Morgan fingerprint density at radius 1 is 1.29 bits per heavy atom. The second kappa shape index (κ2) is 4.63. The Morgan fingerprint density at radius 2 is 1.86 bits per heavy atom. The van der Waals surface area contributed by atoms with Crippen LogP contribution in [-0.2, 0) is 0 Å². The number of hydrogen-bond donors (Lipinski definition) is 0. The van der Waals surface area contributed by atoms with Gasteiger partial charge in [-0.25, -0.2) is 0 Å². The molecule has 1 atom stereocenters. The summed E-state index contributed by atoms with van der Waals surface area (Å²) < 4.78 is 1.30. The van der Waals surface area contributed by atoms with E-state index in [-0.39, 0.29) is 0 Å². The summed E-state index contributed by atoms with van der Waals surface area (Å²) in [4.78, 5) is 2.64. The molecule has 1 unspecified atom stereocenters. The van der Waals surface area contributed by atoms with Gasteiger partial charge in [0.25, 0.3) is 0 Å². The maximum Gasteiger partial charge on any atom is 0.135 e. The quantitative estimate of drug-likeness (QED) is 0.627. The highest BCUT2D eigenvalue weighted by Crippen LogP contribution is 2.23. The third-order valence-electron chi connectivity index (χ3n) is 3.82. The lowest BCUT2D eigenvalue weighted by molar-refractivity contribution is -0.937. The lowest BCUT2D eigenvalue weighted by atomic mass is 10.2. The first kappa shape index (κ1) is 12.0. The Balaban J connectivity index is 2.58. The molecule has 0 spiro atoms. The minimum absolute atomic E-state index is 0.802. The number of rotatable bonds is 4. The maximum absolute atomic E-state index is 2.64. The highest BCUT2D eigenvalue weighted by Gasteiger charge is 2.40. The predicted octanol–water partition coefficient (Wildman–Crippen LogP) is 2.16. The van der Waals surface area contributed by atoms with Crippen molar-refractivity contribution in [3.63, 3.8) is 0 Å². The van der Waals surface area contributed by atoms with E-state index >= 15 is 0 Å². The topological polar surface area (TPSA) is 3.24 Å². The summed E-state index contributed by atoms with van der Waals surface area (Å²) in [6.45, 7) is 18.1. The summed E-state index contributed by atoms with van der Waals surface area (Å²) in [5.41, 5.74) is 0. The molecule has 0 radical (unpaired) electrons. The Labute approximate surface area is 89.5 Å². The first-order chi connectivity index (χ1) is 6.54. The van der Waals surface area contributed by atoms with Crippen molar-refractivity contribution in [1.29, 1.82) is 0 Å². The van der Waals surface area contributed by atoms with Gasteiger partial charge in [0.15, 0.2) is 0 Å². The second-order valence-electron chi connectivity index (χ2n) is 5.27. The minimum Gasteiger partial charge on any atom is -0.308 e. The van der Waals surface area contributed by atoms with Crippen molar-refractivity contribution in [2.24, 2.45) is 5.92 Å². The maximum atomic E-state index is 2.64. The van der Waals surface area contributed by atoms with Crippen LogP contribution in [0.2, 0.25) is 0 Å². The van der Waals surface area contributed by atoms with Crippen LogP contribution >= 0.6 is 0 Å². The number of likely N-dealkylation sites (N-methyl/N-ethyl adjacent to an activating group) is 1. The van der Waals surface area contributed by atoms with E-state index in [2.05, 4.69) is 39.5 Å². The number of quaternary nitrogens is 1. The van der Waals surface area contributed by atoms with E-state index in [1.807, 2.05) is 0 Å². The van der Waals surface area contributed by atoms with Crippen LogP contribution in [0.4, 0.5) is 0 Å². The average molecular weight is 199 g/mol. The zero-order valence-electron chi connectivity index (χ0n) is 10.6. The van der Waals surface area contributed by atoms with E-state index in [0.717, 1.165) is 12.0 Å². The van der Waals surface area contributed by atoms with Crippen molar-refractivity contribution in [3.05, 3.63) is 0 Å². The molecule has 1 aliphatic heterocycles. The first-order valence-corrected chi connectivity index (χ1v) is 6.12. The van der Waals surface area contributed by atoms with Gasteiger partial charge in [-0.2, -0.15) is 0 Å². The Morgan fingerprint density at radius 3 is 2.21 bits per heavy atom. The molecule has 0 N–H and O–H groups in total. The van der Waals surface area contributed by atoms with Gasteiger partial charge in [0.2, 0.25) is 0 Å². The van der Waals surface area contributed by atoms with E-state index < -0.39 is 0 Å². The fourth-order valence-electron chi connectivity index (χ4n) is 2.84. The average Bonchev–Trinajstić information content (AvgIpc) is 2.42. The molecule has 0 aromatic heterocycles. The fraction of sp³-hybridized carbons (Fsp3) is 1.00. The molecule has 1 aliphatic rings. The van der Waals surface area contributed by atoms with E-state index in [4.69, 9.17) is 0 Å². The van der Waals surface area contributed by atoms with E-state index in [1.165, 1.54) is 37.3 Å². The van der Waals surface area contributed by atoms with Crippen molar-refractivity contribution < 1.29 is 4.48 Å². The molecule has 2 nitrogen and oxygen atoms in total. The lowest BCUT2D eigenvalue weighted by Crippen LogP contribution is -2.51. The standard InChI is InChI=1S/C12H27N2/c1-6-14(7-2)10-13(8-11(3)4)9-12(14)5/h11-12H,6-10H2,1-5H3/q+1. The largest absolute Gasteiger partial charge is 0.308 e. The zero-order chi connectivity index (χ0) is 10.8. The van der Waals surface area contributed by atoms with Gasteiger partial charge in [-0.1, -0.05) is 13.8 Å². The molecule has 0 amide bonds. The second-order valence-corrected chi connectivity index (χ2v) is 5.27. The normalized spacial score (nSPS) is 27.4. The summed E-state index contributed by atoms with van der Waals surface area (Å²) >= 11 is 0. The van der Waals surface area contributed by atoms with Crippen LogP contribution in [0.3, 0.4) is 0 Å². The monoisotopic (exact) mass is 199 g/mol. The van der Waals surface area contributed by atoms with Crippen molar-refractivity contribution in [2.45, 2.75) is 40.7 Å². The summed E-state index contributed by atoms with van der Waals surface area (Å²) in [6.07, 6.45) is 0. The highest BCUT2D eigenvalue weighted by atomic mass is 15.5. The Bertz CT molecular complexity index is 173. The van der Waals surface area contributed by atoms with Crippen LogP contribution < -0.4 is 0 Å². The molecule has 1 saturated heterocycles. The van der Waals surface area contributed by atoms with E-state index in [9.17, 15) is 0 Å². The summed E-state index contributed by atoms with van der Waals surface area (Å²) in [5, 5.41) is 0. The third-order valence-corrected chi connectivity index (χ3v) is 3.82. The summed E-state index contributed by atoms with van der Waals surface area (Å²) in [5.74, 6) is 0.802. The van der Waals surface area contributed by atoms with Gasteiger partial charge in [-0.15, -0.1) is 0 Å². The van der Waals surface area contributed by atoms with Crippen molar-refractivity contribution in [3.8, 4) is 0 Å². The number of nitrogens with zero attached hydrogens (tertiary/aromatic N) is 2.